The van der Waals surface area contributed by atoms with E-state index in [4.69, 9.17) is 5.10 Å². The number of piperidine rings is 2. The number of rotatable bonds is 10. The van der Waals surface area contributed by atoms with Crippen LogP contribution >= 0.6 is 0 Å². The van der Waals surface area contributed by atoms with Crippen molar-refractivity contribution in [2.24, 2.45) is 0 Å². The molecule has 3 aliphatic heterocycles. The van der Waals surface area contributed by atoms with Crippen molar-refractivity contribution < 1.29 is 27.2 Å². The SMILES string of the molecule is CC(C)n1nc(N2CCC(N(C)Cc3ccc4c(c3F)CN(C3CCC(=O)NC3=O)C4=O)CC2)c2cnc(Nc3ccnc(-c4cnn([SH](=O)=O)c4)n3)cc21. The number of carbonyl (C=O) groups is 3. The first-order valence-electron chi connectivity index (χ1n) is 18.0. The molecular formula is C36H39FN12O5S. The highest BCUT2D eigenvalue weighted by molar-refractivity contribution is 7.70. The largest absolute Gasteiger partial charge is 0.354 e. The number of amides is 3. The summed E-state index contributed by atoms with van der Waals surface area (Å²) in [6.45, 7) is 5.97. The number of halogens is 1. The molecule has 286 valence electrons. The van der Waals surface area contributed by atoms with Crippen LogP contribution in [0, 0.1) is 5.82 Å². The van der Waals surface area contributed by atoms with Crippen LogP contribution in [0.1, 0.15) is 67.1 Å². The number of thiol groups is 1. The number of imide groups is 1. The lowest BCUT2D eigenvalue weighted by atomic mass is 10.0. The van der Waals surface area contributed by atoms with Gasteiger partial charge in [0.25, 0.3) is 5.91 Å². The lowest BCUT2D eigenvalue weighted by Gasteiger charge is -2.37. The van der Waals surface area contributed by atoms with Gasteiger partial charge in [-0.1, -0.05) is 6.07 Å². The number of pyridine rings is 1. The molecule has 7 heterocycles. The second kappa shape index (κ2) is 14.4. The van der Waals surface area contributed by atoms with E-state index >= 15 is 4.39 Å². The van der Waals surface area contributed by atoms with Crippen LogP contribution in [0.4, 0.5) is 21.8 Å². The number of hydrogen-bond donors (Lipinski definition) is 3. The monoisotopic (exact) mass is 770 g/mol. The lowest BCUT2D eigenvalue weighted by molar-refractivity contribution is -0.136. The molecule has 4 aromatic heterocycles. The predicted molar refractivity (Wildman–Crippen MR) is 199 cm³/mol. The zero-order valence-corrected chi connectivity index (χ0v) is 31.2. The van der Waals surface area contributed by atoms with E-state index in [9.17, 15) is 22.8 Å². The van der Waals surface area contributed by atoms with E-state index in [1.165, 1.54) is 17.3 Å². The Morgan fingerprint density at radius 1 is 1.05 bits per heavy atom. The van der Waals surface area contributed by atoms with E-state index in [0.29, 0.717) is 40.7 Å². The maximum atomic E-state index is 15.9. The average Bonchev–Trinajstić information content (AvgIpc) is 3.90. The molecule has 55 heavy (non-hydrogen) atoms. The van der Waals surface area contributed by atoms with Crippen molar-refractivity contribution in [1.29, 1.82) is 0 Å². The summed E-state index contributed by atoms with van der Waals surface area (Å²) in [5.41, 5.74) is 2.40. The highest BCUT2D eigenvalue weighted by Gasteiger charge is 2.40. The van der Waals surface area contributed by atoms with Crippen LogP contribution < -0.4 is 15.5 Å². The van der Waals surface area contributed by atoms with Gasteiger partial charge in [-0.05, 0) is 52.3 Å². The van der Waals surface area contributed by atoms with Gasteiger partial charge in [-0.2, -0.15) is 14.3 Å². The summed E-state index contributed by atoms with van der Waals surface area (Å²) in [6.07, 6.45) is 8.12. The van der Waals surface area contributed by atoms with Crippen LogP contribution in [-0.4, -0.2) is 102 Å². The van der Waals surface area contributed by atoms with Gasteiger partial charge < -0.3 is 15.1 Å². The normalized spacial score (nSPS) is 17.9. The minimum Gasteiger partial charge on any atom is -0.354 e. The molecule has 3 amide bonds. The molecule has 0 spiro atoms. The van der Waals surface area contributed by atoms with Crippen LogP contribution in [0.3, 0.4) is 0 Å². The molecule has 0 saturated carbocycles. The molecule has 8 rings (SSSR count). The minimum atomic E-state index is -2.89. The zero-order valence-electron chi connectivity index (χ0n) is 30.3. The minimum absolute atomic E-state index is 0.00411. The Labute approximate surface area is 316 Å². The Balaban J connectivity index is 0.932. The lowest BCUT2D eigenvalue weighted by Crippen LogP contribution is -2.52. The summed E-state index contributed by atoms with van der Waals surface area (Å²) in [5, 5.41) is 15.3. The molecule has 5 aromatic rings. The number of benzene rings is 1. The number of fused-ring (bicyclic) bond motifs is 2. The summed E-state index contributed by atoms with van der Waals surface area (Å²) in [4.78, 5) is 56.4. The third kappa shape index (κ3) is 6.88. The Morgan fingerprint density at radius 3 is 2.58 bits per heavy atom. The number of hydrogen-bond acceptors (Lipinski definition) is 13. The molecule has 2 saturated heterocycles. The van der Waals surface area contributed by atoms with Crippen molar-refractivity contribution in [3.63, 3.8) is 0 Å². The molecule has 3 aliphatic rings. The van der Waals surface area contributed by atoms with Gasteiger partial charge in [0, 0.05) is 73.3 Å². The fourth-order valence-electron chi connectivity index (χ4n) is 7.62. The molecule has 0 bridgehead atoms. The maximum Gasteiger partial charge on any atom is 0.255 e. The molecule has 0 aliphatic carbocycles. The third-order valence-electron chi connectivity index (χ3n) is 10.5. The van der Waals surface area contributed by atoms with Gasteiger partial charge in [-0.3, -0.25) is 29.3 Å². The molecule has 0 radical (unpaired) electrons. The Bertz CT molecular complexity index is 2410. The van der Waals surface area contributed by atoms with Gasteiger partial charge in [0.2, 0.25) is 22.7 Å². The van der Waals surface area contributed by atoms with Gasteiger partial charge in [0.1, 0.15) is 23.5 Å². The molecular weight excluding hydrogens is 732 g/mol. The quantitative estimate of drug-likeness (QED) is 0.139. The Hall–Kier alpha value is -5.82. The van der Waals surface area contributed by atoms with E-state index in [-0.39, 0.29) is 42.9 Å². The highest BCUT2D eigenvalue weighted by atomic mass is 32.2. The third-order valence-corrected chi connectivity index (χ3v) is 11.1. The number of nitrogens with one attached hydrogen (secondary N) is 2. The molecule has 1 aromatic carbocycles. The molecule has 1 atom stereocenters. The van der Waals surface area contributed by atoms with Crippen LogP contribution in [-0.2, 0) is 33.6 Å². The fraction of sp³-hybridized carbons (Fsp3) is 0.389. The van der Waals surface area contributed by atoms with Crippen molar-refractivity contribution in [1.82, 2.24) is 49.0 Å². The van der Waals surface area contributed by atoms with Crippen LogP contribution in [0.2, 0.25) is 0 Å². The van der Waals surface area contributed by atoms with Gasteiger partial charge in [0.05, 0.1) is 35.4 Å². The molecule has 1 unspecified atom stereocenters. The zero-order chi connectivity index (χ0) is 38.5. The second-order valence-electron chi connectivity index (χ2n) is 14.3. The molecule has 2 N–H and O–H groups in total. The number of carbonyl (C=O) groups excluding carboxylic acids is 3. The maximum absolute atomic E-state index is 15.9. The van der Waals surface area contributed by atoms with E-state index < -0.39 is 34.6 Å². The topological polar surface area (TPSA) is 193 Å². The van der Waals surface area contributed by atoms with Crippen molar-refractivity contribution in [3.05, 3.63) is 71.6 Å². The predicted octanol–water partition coefficient (Wildman–Crippen LogP) is 2.78. The first-order valence-corrected chi connectivity index (χ1v) is 19.2. The standard InChI is InChI=1S/C36H39FN12O5S/c1-20(2)49-28-14-30(41-29-8-11-38-33(42-29)22-15-40-48(18-22)55(53)54)39-16-25(28)34(44-49)46-12-9-23(10-13-46)45(3)17-21-4-5-24-26(32(21)37)19-47(36(24)52)27-6-7-31(50)43-35(27)51/h4-5,8,11,14-16,18,20,23,27,55H,6-7,9-10,12-13,17,19H2,1-3H3,(H,43,50,51)(H,38,39,41,42). The molecule has 2 fully saturated rings. The first-order chi connectivity index (χ1) is 26.4. The Kier molecular flexibility index (Phi) is 9.50. The van der Waals surface area contributed by atoms with Crippen molar-refractivity contribution in [2.75, 3.05) is 30.4 Å². The number of aromatic nitrogens is 7. The summed E-state index contributed by atoms with van der Waals surface area (Å²) < 4.78 is 41.3. The van der Waals surface area contributed by atoms with Gasteiger partial charge in [-0.15, -0.1) is 0 Å². The summed E-state index contributed by atoms with van der Waals surface area (Å²) in [7, 11) is -0.908. The highest BCUT2D eigenvalue weighted by Crippen LogP contribution is 2.34. The van der Waals surface area contributed by atoms with Crippen LogP contribution in [0.15, 0.2) is 49.1 Å². The van der Waals surface area contributed by atoms with Crippen LogP contribution in [0.25, 0.3) is 22.3 Å². The summed E-state index contributed by atoms with van der Waals surface area (Å²) in [6, 6.07) is 6.39. The van der Waals surface area contributed by atoms with Crippen LogP contribution in [0.5, 0.6) is 0 Å². The number of nitrogens with zero attached hydrogens (tertiary/aromatic N) is 10. The van der Waals surface area contributed by atoms with E-state index in [1.54, 1.807) is 30.6 Å². The summed E-state index contributed by atoms with van der Waals surface area (Å²) in [5.74, 6) is 0.471. The van der Waals surface area contributed by atoms with Gasteiger partial charge in [-0.25, -0.2) is 27.8 Å². The van der Waals surface area contributed by atoms with Crippen molar-refractivity contribution in [2.45, 2.75) is 70.7 Å². The number of anilines is 3. The van der Waals surface area contributed by atoms with Crippen molar-refractivity contribution in [3.8, 4) is 11.4 Å². The first kappa shape index (κ1) is 36.2. The Morgan fingerprint density at radius 2 is 1.85 bits per heavy atom. The molecule has 17 nitrogen and oxygen atoms in total. The smallest absolute Gasteiger partial charge is 0.255 e. The second-order valence-corrected chi connectivity index (χ2v) is 15.2. The fourth-order valence-corrected chi connectivity index (χ4v) is 7.97. The van der Waals surface area contributed by atoms with Crippen molar-refractivity contribution >= 4 is 57.0 Å². The van der Waals surface area contributed by atoms with E-state index in [0.717, 1.165) is 46.7 Å². The average molecular weight is 771 g/mol. The molecule has 19 heteroatoms. The van der Waals surface area contributed by atoms with E-state index in [2.05, 4.69) is 54.3 Å². The van der Waals surface area contributed by atoms with E-state index in [1.807, 2.05) is 17.8 Å². The summed E-state index contributed by atoms with van der Waals surface area (Å²) >= 11 is 0. The van der Waals surface area contributed by atoms with Gasteiger partial charge >= 0.3 is 0 Å². The van der Waals surface area contributed by atoms with Gasteiger partial charge in [0.15, 0.2) is 11.6 Å².